The summed E-state index contributed by atoms with van der Waals surface area (Å²) in [4.78, 5) is 24.2. The van der Waals surface area contributed by atoms with Crippen LogP contribution >= 0.6 is 23.1 Å². The molecule has 0 saturated carbocycles. The number of amides is 2. The molecule has 2 amide bonds. The van der Waals surface area contributed by atoms with Gasteiger partial charge in [-0.25, -0.2) is 0 Å². The van der Waals surface area contributed by atoms with E-state index in [0.717, 1.165) is 13.0 Å². The molecule has 0 radical (unpaired) electrons. The second kappa shape index (κ2) is 8.85. The van der Waals surface area contributed by atoms with Gasteiger partial charge in [-0.1, -0.05) is 23.1 Å². The molecule has 1 saturated heterocycles. The summed E-state index contributed by atoms with van der Waals surface area (Å²) in [5.74, 6) is 5.24. The van der Waals surface area contributed by atoms with E-state index in [1.165, 1.54) is 36.9 Å². The second-order valence-electron chi connectivity index (χ2n) is 5.54. The minimum absolute atomic E-state index is 0.0939. The van der Waals surface area contributed by atoms with E-state index < -0.39 is 0 Å². The van der Waals surface area contributed by atoms with Crippen molar-refractivity contribution in [3.05, 3.63) is 0 Å². The van der Waals surface area contributed by atoms with Crippen LogP contribution in [0.5, 0.6) is 0 Å². The number of nitrogens with zero attached hydrogens (tertiary/aromatic N) is 4. The first-order valence-corrected chi connectivity index (χ1v) is 9.41. The highest BCUT2D eigenvalue weighted by Gasteiger charge is 2.27. The fourth-order valence-corrected chi connectivity index (χ4v) is 4.05. The van der Waals surface area contributed by atoms with Crippen LogP contribution in [-0.4, -0.2) is 56.6 Å². The van der Waals surface area contributed by atoms with Crippen LogP contribution < -0.4 is 21.8 Å². The Hall–Kier alpha value is -2.08. The molecule has 12 heteroatoms. The number of hydrogen-bond acceptors (Lipinski definition) is 9. The molecule has 1 aliphatic heterocycles. The summed E-state index contributed by atoms with van der Waals surface area (Å²) >= 11 is 2.70. The Morgan fingerprint density at radius 1 is 1.36 bits per heavy atom. The minimum Gasteiger partial charge on any atom is -0.355 e. The van der Waals surface area contributed by atoms with Gasteiger partial charge >= 0.3 is 0 Å². The molecule has 1 aromatic rings. The largest absolute Gasteiger partial charge is 0.355 e. The number of rotatable bonds is 5. The maximum absolute atomic E-state index is 11.1. The highest BCUT2D eigenvalue weighted by Crippen LogP contribution is 2.24. The van der Waals surface area contributed by atoms with Gasteiger partial charge in [0, 0.05) is 33.0 Å². The number of aromatic nitrogens is 2. The molecule has 0 bridgehead atoms. The maximum atomic E-state index is 11.1. The molecular formula is C13H22N8O2S2. The van der Waals surface area contributed by atoms with Crippen LogP contribution in [0.15, 0.2) is 5.10 Å². The van der Waals surface area contributed by atoms with Crippen LogP contribution in [0.3, 0.4) is 0 Å². The Bertz CT molecular complexity index is 650. The van der Waals surface area contributed by atoms with E-state index in [2.05, 4.69) is 36.1 Å². The van der Waals surface area contributed by atoms with E-state index in [1.54, 1.807) is 0 Å². The van der Waals surface area contributed by atoms with Gasteiger partial charge in [0.05, 0.1) is 5.37 Å². The molecule has 0 aromatic carbocycles. The average Bonchev–Trinajstić information content (AvgIpc) is 3.13. The molecule has 1 unspecified atom stereocenters. The molecule has 0 aliphatic carbocycles. The monoisotopic (exact) mass is 386 g/mol. The molecule has 2 atom stereocenters. The van der Waals surface area contributed by atoms with Gasteiger partial charge in [-0.05, 0) is 13.3 Å². The summed E-state index contributed by atoms with van der Waals surface area (Å²) in [6.45, 7) is 6.30. The van der Waals surface area contributed by atoms with E-state index in [1.807, 2.05) is 6.92 Å². The molecule has 10 nitrogen and oxygen atoms in total. The van der Waals surface area contributed by atoms with Gasteiger partial charge in [0.25, 0.3) is 0 Å². The molecule has 25 heavy (non-hydrogen) atoms. The number of thioether (sulfide) groups is 1. The average molecular weight is 387 g/mol. The number of nitrogens with two attached hydrogens (primary N) is 1. The summed E-state index contributed by atoms with van der Waals surface area (Å²) < 4.78 is 0. The van der Waals surface area contributed by atoms with E-state index >= 15 is 0 Å². The minimum atomic E-state index is -0.177. The van der Waals surface area contributed by atoms with Gasteiger partial charge in [0.2, 0.25) is 22.1 Å². The third kappa shape index (κ3) is 6.05. The Balaban J connectivity index is 1.86. The number of carbonyl (C=O) groups is 2. The highest BCUT2D eigenvalue weighted by atomic mass is 32.2. The molecule has 1 fully saturated rings. The maximum Gasteiger partial charge on any atom is 0.223 e. The third-order valence-electron chi connectivity index (χ3n) is 3.29. The summed E-state index contributed by atoms with van der Waals surface area (Å²) in [6.07, 6.45) is 0.892. The lowest BCUT2D eigenvalue weighted by Gasteiger charge is -2.22. The standard InChI is InChI=1S/C13H22N8O2S2/c1-7(22)15-9(3)24-13(18-14)21-5-4-10(6-21)17-12-20-19-11(25-12)16-8(2)23/h9-10H,4-6,14H2,1-3H3,(H,15,22)(H,17,20)(H,16,19,23)/b18-13-/t9?,10-/m0/s1. The van der Waals surface area contributed by atoms with Gasteiger partial charge < -0.3 is 26.7 Å². The first-order chi connectivity index (χ1) is 11.9. The van der Waals surface area contributed by atoms with Crippen LogP contribution in [0.1, 0.15) is 27.2 Å². The van der Waals surface area contributed by atoms with Crippen molar-refractivity contribution in [1.82, 2.24) is 20.4 Å². The van der Waals surface area contributed by atoms with Crippen molar-refractivity contribution in [2.45, 2.75) is 38.6 Å². The lowest BCUT2D eigenvalue weighted by atomic mass is 10.3. The number of nitrogens with one attached hydrogen (secondary N) is 3. The van der Waals surface area contributed by atoms with Crippen LogP contribution in [0.25, 0.3) is 0 Å². The number of amidine groups is 1. The van der Waals surface area contributed by atoms with Crippen molar-refractivity contribution >= 4 is 50.3 Å². The van der Waals surface area contributed by atoms with Gasteiger partial charge in [-0.2, -0.15) is 5.10 Å². The predicted molar refractivity (Wildman–Crippen MR) is 100 cm³/mol. The van der Waals surface area contributed by atoms with Gasteiger partial charge in [-0.3, -0.25) is 9.59 Å². The van der Waals surface area contributed by atoms with Crippen LogP contribution in [-0.2, 0) is 9.59 Å². The normalized spacial score (nSPS) is 18.8. The van der Waals surface area contributed by atoms with E-state index in [0.29, 0.717) is 22.0 Å². The van der Waals surface area contributed by atoms with Crippen LogP contribution in [0.2, 0.25) is 0 Å². The predicted octanol–water partition coefficient (Wildman–Crippen LogP) is 0.428. The van der Waals surface area contributed by atoms with Gasteiger partial charge in [0.15, 0.2) is 5.17 Å². The Morgan fingerprint density at radius 2 is 2.08 bits per heavy atom. The Labute approximate surface area is 154 Å². The molecule has 2 rings (SSSR count). The van der Waals surface area contributed by atoms with E-state index in [4.69, 9.17) is 5.84 Å². The van der Waals surface area contributed by atoms with Crippen molar-refractivity contribution in [3.8, 4) is 0 Å². The lowest BCUT2D eigenvalue weighted by molar-refractivity contribution is -0.119. The lowest BCUT2D eigenvalue weighted by Crippen LogP contribution is -2.35. The zero-order valence-corrected chi connectivity index (χ0v) is 15.9. The molecule has 1 aromatic heterocycles. The van der Waals surface area contributed by atoms with Crippen molar-refractivity contribution in [2.75, 3.05) is 23.7 Å². The van der Waals surface area contributed by atoms with E-state index in [9.17, 15) is 9.59 Å². The summed E-state index contributed by atoms with van der Waals surface area (Å²) in [7, 11) is 0. The van der Waals surface area contributed by atoms with Crippen molar-refractivity contribution in [3.63, 3.8) is 0 Å². The quantitative estimate of drug-likeness (QED) is 0.188. The number of anilines is 2. The van der Waals surface area contributed by atoms with E-state index in [-0.39, 0.29) is 23.2 Å². The van der Waals surface area contributed by atoms with Crippen LogP contribution in [0, 0.1) is 0 Å². The smallest absolute Gasteiger partial charge is 0.223 e. The molecule has 1 aliphatic rings. The fourth-order valence-electron chi connectivity index (χ4n) is 2.37. The number of hydrogen-bond donors (Lipinski definition) is 4. The fraction of sp³-hybridized carbons (Fsp3) is 0.615. The van der Waals surface area contributed by atoms with Gasteiger partial charge in [-0.15, -0.1) is 10.2 Å². The van der Waals surface area contributed by atoms with Crippen molar-refractivity contribution in [1.29, 1.82) is 0 Å². The zero-order valence-electron chi connectivity index (χ0n) is 14.3. The highest BCUT2D eigenvalue weighted by molar-refractivity contribution is 8.14. The van der Waals surface area contributed by atoms with Crippen LogP contribution in [0.4, 0.5) is 10.3 Å². The first-order valence-electron chi connectivity index (χ1n) is 7.71. The number of carbonyl (C=O) groups excluding carboxylic acids is 2. The van der Waals surface area contributed by atoms with Crippen molar-refractivity contribution < 1.29 is 9.59 Å². The first kappa shape index (κ1) is 19.2. The Kier molecular flexibility index (Phi) is 6.82. The topological polar surface area (TPSA) is 138 Å². The molecule has 5 N–H and O–H groups in total. The Morgan fingerprint density at radius 3 is 2.72 bits per heavy atom. The van der Waals surface area contributed by atoms with Crippen molar-refractivity contribution in [2.24, 2.45) is 10.9 Å². The number of hydrazone groups is 1. The summed E-state index contributed by atoms with van der Waals surface area (Å²) in [5, 5.41) is 22.2. The SMILES string of the molecule is CC(=O)Nc1nnc(N[C@H]2CCN(/C(=N/N)SC(C)NC(C)=O)C2)s1. The van der Waals surface area contributed by atoms with Gasteiger partial charge in [0.1, 0.15) is 0 Å². The second-order valence-corrected chi connectivity index (χ2v) is 7.83. The number of likely N-dealkylation sites (tertiary alicyclic amines) is 1. The molecule has 2 heterocycles. The summed E-state index contributed by atoms with van der Waals surface area (Å²) in [6, 6.07) is 0.173. The molecular weight excluding hydrogens is 364 g/mol. The summed E-state index contributed by atoms with van der Waals surface area (Å²) in [5.41, 5.74) is 0. The third-order valence-corrected chi connectivity index (χ3v) is 5.11. The molecule has 138 valence electrons. The molecule has 0 spiro atoms. The zero-order chi connectivity index (χ0) is 18.4.